The highest BCUT2D eigenvalue weighted by atomic mass is 32.2. The zero-order valence-corrected chi connectivity index (χ0v) is 14.2. The van der Waals surface area contributed by atoms with Crippen LogP contribution in [0.2, 0.25) is 0 Å². The van der Waals surface area contributed by atoms with Crippen LogP contribution in [0.15, 0.2) is 18.2 Å². The first-order chi connectivity index (χ1) is 11.3. The number of benzene rings is 1. The van der Waals surface area contributed by atoms with Crippen molar-refractivity contribution in [3.63, 3.8) is 0 Å². The molecule has 0 radical (unpaired) electrons. The van der Waals surface area contributed by atoms with Gasteiger partial charge in [-0.1, -0.05) is 6.07 Å². The van der Waals surface area contributed by atoms with E-state index < -0.39 is 14.9 Å². The highest BCUT2D eigenvalue weighted by Crippen LogP contribution is 2.31. The fourth-order valence-corrected chi connectivity index (χ4v) is 4.67. The molecule has 1 saturated heterocycles. The van der Waals surface area contributed by atoms with E-state index in [9.17, 15) is 23.3 Å². The van der Waals surface area contributed by atoms with Crippen LogP contribution in [0.3, 0.4) is 0 Å². The smallest absolute Gasteiger partial charge is 0.273 e. The number of sulfonamides is 1. The van der Waals surface area contributed by atoms with Gasteiger partial charge in [0.2, 0.25) is 10.0 Å². The van der Waals surface area contributed by atoms with E-state index in [4.69, 9.17) is 0 Å². The van der Waals surface area contributed by atoms with Crippen LogP contribution in [0.25, 0.3) is 0 Å². The monoisotopic (exact) mass is 353 g/mol. The van der Waals surface area contributed by atoms with Crippen molar-refractivity contribution in [3.8, 4) is 0 Å². The van der Waals surface area contributed by atoms with Gasteiger partial charge in [0.1, 0.15) is 0 Å². The number of aryl methyl sites for hydroxylation is 1. The van der Waals surface area contributed by atoms with Crippen LogP contribution in [0.1, 0.15) is 28.8 Å². The average molecular weight is 353 g/mol. The van der Waals surface area contributed by atoms with E-state index in [2.05, 4.69) is 0 Å². The lowest BCUT2D eigenvalue weighted by molar-refractivity contribution is -0.385. The molecule has 130 valence electrons. The summed E-state index contributed by atoms with van der Waals surface area (Å²) >= 11 is 0. The van der Waals surface area contributed by atoms with Gasteiger partial charge in [0, 0.05) is 43.4 Å². The minimum atomic E-state index is -3.22. The summed E-state index contributed by atoms with van der Waals surface area (Å²) in [5.74, 6) is -0.304. The van der Waals surface area contributed by atoms with Crippen LogP contribution in [-0.4, -0.2) is 59.9 Å². The lowest BCUT2D eigenvalue weighted by Gasteiger charge is -2.34. The zero-order valence-electron chi connectivity index (χ0n) is 13.3. The van der Waals surface area contributed by atoms with E-state index in [1.807, 2.05) is 0 Å². The number of hydrogen-bond donors (Lipinski definition) is 0. The van der Waals surface area contributed by atoms with Gasteiger partial charge in [-0.15, -0.1) is 0 Å². The Hall–Kier alpha value is -2.00. The number of nitrogens with zero attached hydrogens (tertiary/aromatic N) is 3. The van der Waals surface area contributed by atoms with Crippen LogP contribution in [0.5, 0.6) is 0 Å². The molecule has 1 saturated carbocycles. The van der Waals surface area contributed by atoms with Crippen molar-refractivity contribution in [2.24, 2.45) is 0 Å². The van der Waals surface area contributed by atoms with E-state index in [0.717, 1.165) is 0 Å². The summed E-state index contributed by atoms with van der Waals surface area (Å²) in [6.07, 6.45) is 1.43. The van der Waals surface area contributed by atoms with Gasteiger partial charge in [-0.25, -0.2) is 8.42 Å². The Balaban J connectivity index is 1.69. The SMILES string of the molecule is Cc1ccc(C(=O)N2CCN(S(=O)(=O)C3CC3)CC2)cc1[N+](=O)[O-]. The number of carbonyl (C=O) groups excluding carboxylic acids is 1. The molecule has 0 N–H and O–H groups in total. The lowest BCUT2D eigenvalue weighted by Crippen LogP contribution is -2.51. The Kier molecular flexibility index (Phi) is 4.31. The first kappa shape index (κ1) is 16.8. The van der Waals surface area contributed by atoms with Crippen molar-refractivity contribution >= 4 is 21.6 Å². The van der Waals surface area contributed by atoms with Gasteiger partial charge < -0.3 is 4.90 Å². The van der Waals surface area contributed by atoms with E-state index >= 15 is 0 Å². The number of nitro groups is 1. The number of carbonyl (C=O) groups is 1. The molecule has 0 spiro atoms. The van der Waals surface area contributed by atoms with E-state index in [1.54, 1.807) is 24.0 Å². The molecule has 9 heteroatoms. The Bertz CT molecular complexity index is 780. The molecule has 2 aliphatic rings. The molecule has 1 heterocycles. The third-order valence-corrected chi connectivity index (χ3v) is 6.88. The van der Waals surface area contributed by atoms with Gasteiger partial charge in [0.25, 0.3) is 11.6 Å². The first-order valence-corrected chi connectivity index (χ1v) is 9.34. The predicted octanol–water partition coefficient (Wildman–Crippen LogP) is 1.15. The molecule has 1 aromatic rings. The highest BCUT2D eigenvalue weighted by Gasteiger charge is 2.41. The maximum Gasteiger partial charge on any atom is 0.273 e. The third kappa shape index (κ3) is 3.13. The standard InChI is InChI=1S/C15H19N3O5S/c1-11-2-3-12(10-14(11)18(20)21)15(19)16-6-8-17(9-7-16)24(22,23)13-4-5-13/h2-3,10,13H,4-9H2,1H3. The molecule has 8 nitrogen and oxygen atoms in total. The summed E-state index contributed by atoms with van der Waals surface area (Å²) in [6, 6.07) is 4.40. The van der Waals surface area contributed by atoms with Crippen molar-refractivity contribution in [3.05, 3.63) is 39.4 Å². The zero-order chi connectivity index (χ0) is 17.5. The fourth-order valence-electron chi connectivity index (χ4n) is 2.84. The molecule has 0 unspecified atom stereocenters. The predicted molar refractivity (Wildman–Crippen MR) is 87.3 cm³/mol. The second-order valence-corrected chi connectivity index (χ2v) is 8.41. The van der Waals surface area contributed by atoms with Gasteiger partial charge in [-0.3, -0.25) is 14.9 Å². The molecule has 1 aliphatic carbocycles. The fraction of sp³-hybridized carbons (Fsp3) is 0.533. The van der Waals surface area contributed by atoms with Crippen molar-refractivity contribution in [2.45, 2.75) is 25.0 Å². The molecule has 3 rings (SSSR count). The summed E-state index contributed by atoms with van der Waals surface area (Å²) in [5, 5.41) is 10.8. The third-order valence-electron chi connectivity index (χ3n) is 4.48. The number of amides is 1. The van der Waals surface area contributed by atoms with Crippen molar-refractivity contribution in [2.75, 3.05) is 26.2 Å². The molecule has 0 atom stereocenters. The molecule has 0 aromatic heterocycles. The molecule has 0 bridgehead atoms. The molecule has 24 heavy (non-hydrogen) atoms. The Morgan fingerprint density at radius 2 is 1.83 bits per heavy atom. The van der Waals surface area contributed by atoms with Gasteiger partial charge >= 0.3 is 0 Å². The summed E-state index contributed by atoms with van der Waals surface area (Å²) in [7, 11) is -3.22. The molecular weight excluding hydrogens is 334 g/mol. The average Bonchev–Trinajstić information content (AvgIpc) is 3.40. The van der Waals surface area contributed by atoms with Crippen molar-refractivity contribution < 1.29 is 18.1 Å². The van der Waals surface area contributed by atoms with Crippen molar-refractivity contribution in [1.29, 1.82) is 0 Å². The summed E-state index contributed by atoms with van der Waals surface area (Å²) in [6.45, 7) is 2.77. The summed E-state index contributed by atoms with van der Waals surface area (Å²) in [4.78, 5) is 24.6. The van der Waals surface area contributed by atoms with Gasteiger partial charge in [-0.2, -0.15) is 4.31 Å². The minimum Gasteiger partial charge on any atom is -0.336 e. The topological polar surface area (TPSA) is 101 Å². The largest absolute Gasteiger partial charge is 0.336 e. The quantitative estimate of drug-likeness (QED) is 0.597. The number of nitro benzene ring substituents is 1. The Morgan fingerprint density at radius 3 is 2.38 bits per heavy atom. The number of rotatable bonds is 4. The molecular formula is C15H19N3O5S. The van der Waals surface area contributed by atoms with Gasteiger partial charge in [0.05, 0.1) is 10.2 Å². The maximum absolute atomic E-state index is 12.5. The first-order valence-electron chi connectivity index (χ1n) is 7.84. The minimum absolute atomic E-state index is 0.0872. The Morgan fingerprint density at radius 1 is 1.21 bits per heavy atom. The van der Waals surface area contributed by atoms with Crippen LogP contribution in [0, 0.1) is 17.0 Å². The number of hydrogen-bond acceptors (Lipinski definition) is 5. The molecule has 1 aliphatic heterocycles. The summed E-state index contributed by atoms with van der Waals surface area (Å²) < 4.78 is 25.8. The molecule has 1 amide bonds. The molecule has 2 fully saturated rings. The van der Waals surface area contributed by atoms with E-state index in [0.29, 0.717) is 31.5 Å². The van der Waals surface area contributed by atoms with Crippen LogP contribution in [-0.2, 0) is 10.0 Å². The summed E-state index contributed by atoms with van der Waals surface area (Å²) in [5.41, 5.74) is 0.665. The number of piperazine rings is 1. The van der Waals surface area contributed by atoms with Crippen LogP contribution < -0.4 is 0 Å². The van der Waals surface area contributed by atoms with Crippen LogP contribution in [0.4, 0.5) is 5.69 Å². The van der Waals surface area contributed by atoms with E-state index in [-0.39, 0.29) is 35.5 Å². The van der Waals surface area contributed by atoms with Gasteiger partial charge in [0.15, 0.2) is 0 Å². The normalized spacial score (nSPS) is 19.3. The maximum atomic E-state index is 12.5. The Labute approximate surface area is 140 Å². The second-order valence-electron chi connectivity index (χ2n) is 6.19. The van der Waals surface area contributed by atoms with Crippen LogP contribution >= 0.6 is 0 Å². The van der Waals surface area contributed by atoms with Gasteiger partial charge in [-0.05, 0) is 25.8 Å². The van der Waals surface area contributed by atoms with Crippen molar-refractivity contribution in [1.82, 2.24) is 9.21 Å². The molecule has 1 aromatic carbocycles. The van der Waals surface area contributed by atoms with E-state index in [1.165, 1.54) is 10.4 Å². The second kappa shape index (κ2) is 6.14. The lowest BCUT2D eigenvalue weighted by atomic mass is 10.1. The highest BCUT2D eigenvalue weighted by molar-refractivity contribution is 7.90.